The van der Waals surface area contributed by atoms with E-state index in [4.69, 9.17) is 14.7 Å². The zero-order valence-corrected chi connectivity index (χ0v) is 18.2. The zero-order valence-electron chi connectivity index (χ0n) is 18.2. The minimum absolute atomic E-state index is 0.0416. The van der Waals surface area contributed by atoms with Crippen LogP contribution in [0.4, 0.5) is 0 Å². The van der Waals surface area contributed by atoms with Gasteiger partial charge in [-0.2, -0.15) is 5.26 Å². The lowest BCUT2D eigenvalue weighted by atomic mass is 9.89. The molecule has 0 aliphatic carbocycles. The fourth-order valence-corrected chi connectivity index (χ4v) is 4.37. The molecule has 1 aromatic heterocycles. The summed E-state index contributed by atoms with van der Waals surface area (Å²) in [6.07, 6.45) is 2.13. The molecule has 0 unspecified atom stereocenters. The number of β-lactam (4-membered cyclic amide) rings is 1. The Hall–Kier alpha value is -4.24. The number of aromatic nitrogens is 1. The van der Waals surface area contributed by atoms with Gasteiger partial charge in [0.1, 0.15) is 17.5 Å². The number of rotatable bonds is 7. The normalized spacial score (nSPS) is 17.5. The molecule has 2 heterocycles. The van der Waals surface area contributed by atoms with E-state index in [0.29, 0.717) is 17.9 Å². The number of nitrogens with zero attached hydrogens (tertiary/aromatic N) is 2. The van der Waals surface area contributed by atoms with E-state index in [1.54, 1.807) is 31.4 Å². The molecule has 3 aromatic carbocycles. The molecule has 33 heavy (non-hydrogen) atoms. The number of fused-ring (bicyclic) bond motifs is 1. The van der Waals surface area contributed by atoms with Crippen LogP contribution in [-0.4, -0.2) is 35.5 Å². The standard InChI is InChI=1S/C27H23N3O3/c1-32-21-10-12-22(13-11-21)33-26-25(19-8-6-18(16-28)7-9-19)30(27(26)31)15-14-20-17-29-24-5-3-2-4-23(20)24/h2-13,17,25-26,29H,14-15H2,1H3/t25-,26-/m1/s1. The van der Waals surface area contributed by atoms with Crippen LogP contribution < -0.4 is 9.47 Å². The smallest absolute Gasteiger partial charge is 0.266 e. The molecule has 1 aliphatic heterocycles. The molecule has 0 bridgehead atoms. The van der Waals surface area contributed by atoms with Gasteiger partial charge in [-0.05, 0) is 60.0 Å². The fraction of sp³-hybridized carbons (Fsp3) is 0.185. The van der Waals surface area contributed by atoms with Gasteiger partial charge in [0.2, 0.25) is 6.10 Å². The van der Waals surface area contributed by atoms with E-state index >= 15 is 0 Å². The second-order valence-corrected chi connectivity index (χ2v) is 8.03. The highest BCUT2D eigenvalue weighted by Gasteiger charge is 2.49. The number of likely N-dealkylation sites (tertiary alicyclic amines) is 1. The van der Waals surface area contributed by atoms with Gasteiger partial charge in [0.25, 0.3) is 5.91 Å². The fourth-order valence-electron chi connectivity index (χ4n) is 4.37. The van der Waals surface area contributed by atoms with E-state index in [1.165, 1.54) is 10.9 Å². The van der Waals surface area contributed by atoms with Crippen molar-refractivity contribution >= 4 is 16.8 Å². The number of carbonyl (C=O) groups is 1. The van der Waals surface area contributed by atoms with Gasteiger partial charge in [0, 0.05) is 23.6 Å². The Bertz CT molecular complexity index is 1320. The zero-order chi connectivity index (χ0) is 22.8. The molecule has 164 valence electrons. The number of para-hydroxylation sites is 1. The molecule has 2 atom stereocenters. The first-order valence-electron chi connectivity index (χ1n) is 10.8. The van der Waals surface area contributed by atoms with E-state index in [1.807, 2.05) is 53.6 Å². The maximum Gasteiger partial charge on any atom is 0.266 e. The number of nitrogens with one attached hydrogen (secondary N) is 1. The first-order valence-corrected chi connectivity index (χ1v) is 10.8. The number of amides is 1. The lowest BCUT2D eigenvalue weighted by Gasteiger charge is -2.47. The van der Waals surface area contributed by atoms with Crippen LogP contribution >= 0.6 is 0 Å². The summed E-state index contributed by atoms with van der Waals surface area (Å²) in [6, 6.07) is 24.7. The summed E-state index contributed by atoms with van der Waals surface area (Å²) in [5.41, 5.74) is 3.80. The van der Waals surface area contributed by atoms with Crippen molar-refractivity contribution in [2.75, 3.05) is 13.7 Å². The SMILES string of the molecule is COc1ccc(O[C@H]2C(=O)N(CCc3c[nH]c4ccccc34)[C@@H]2c2ccc(C#N)cc2)cc1. The van der Waals surface area contributed by atoms with Gasteiger partial charge in [-0.1, -0.05) is 30.3 Å². The largest absolute Gasteiger partial charge is 0.497 e. The Kier molecular flexibility index (Phi) is 5.45. The van der Waals surface area contributed by atoms with Gasteiger partial charge in [-0.15, -0.1) is 0 Å². The Morgan fingerprint density at radius 2 is 1.73 bits per heavy atom. The second kappa shape index (κ2) is 8.71. The number of carbonyl (C=O) groups excluding carboxylic acids is 1. The van der Waals surface area contributed by atoms with E-state index in [-0.39, 0.29) is 11.9 Å². The average Bonchev–Trinajstić information content (AvgIpc) is 3.28. The third kappa shape index (κ3) is 3.90. The summed E-state index contributed by atoms with van der Waals surface area (Å²) in [5, 5.41) is 10.3. The summed E-state index contributed by atoms with van der Waals surface area (Å²) in [7, 11) is 1.61. The number of methoxy groups -OCH3 is 1. The van der Waals surface area contributed by atoms with Gasteiger partial charge in [0.05, 0.1) is 18.7 Å². The van der Waals surface area contributed by atoms with Gasteiger partial charge in [-0.3, -0.25) is 4.79 Å². The van der Waals surface area contributed by atoms with Crippen LogP contribution in [-0.2, 0) is 11.2 Å². The Balaban J connectivity index is 1.38. The number of aromatic amines is 1. The third-order valence-electron chi connectivity index (χ3n) is 6.15. The molecule has 4 aromatic rings. The van der Waals surface area contributed by atoms with Crippen LogP contribution in [0.15, 0.2) is 79.0 Å². The van der Waals surface area contributed by atoms with Gasteiger partial charge in [0.15, 0.2) is 0 Å². The molecule has 0 radical (unpaired) electrons. The second-order valence-electron chi connectivity index (χ2n) is 8.03. The number of hydrogen-bond donors (Lipinski definition) is 1. The molecule has 0 saturated carbocycles. The summed E-state index contributed by atoms with van der Waals surface area (Å²) < 4.78 is 11.3. The van der Waals surface area contributed by atoms with Gasteiger partial charge >= 0.3 is 0 Å². The van der Waals surface area contributed by atoms with E-state index in [9.17, 15) is 4.79 Å². The Labute approximate surface area is 192 Å². The van der Waals surface area contributed by atoms with Crippen LogP contribution in [0.2, 0.25) is 0 Å². The molecule has 5 rings (SSSR count). The highest BCUT2D eigenvalue weighted by atomic mass is 16.5. The number of ether oxygens (including phenoxy) is 2. The number of nitriles is 1. The minimum Gasteiger partial charge on any atom is -0.497 e. The minimum atomic E-state index is -0.616. The monoisotopic (exact) mass is 437 g/mol. The molecule has 6 nitrogen and oxygen atoms in total. The molecule has 1 N–H and O–H groups in total. The Morgan fingerprint density at radius 3 is 2.45 bits per heavy atom. The summed E-state index contributed by atoms with van der Waals surface area (Å²) in [6.45, 7) is 0.577. The van der Waals surface area contributed by atoms with Crippen molar-refractivity contribution in [2.24, 2.45) is 0 Å². The maximum atomic E-state index is 13.1. The number of H-pyrrole nitrogens is 1. The van der Waals surface area contributed by atoms with Crippen molar-refractivity contribution in [1.82, 2.24) is 9.88 Å². The maximum absolute atomic E-state index is 13.1. The van der Waals surface area contributed by atoms with Crippen molar-refractivity contribution in [3.05, 3.63) is 95.7 Å². The summed E-state index contributed by atoms with van der Waals surface area (Å²) in [5.74, 6) is 1.30. The first-order chi connectivity index (χ1) is 16.2. The van der Waals surface area contributed by atoms with Crippen molar-refractivity contribution in [3.8, 4) is 17.6 Å². The van der Waals surface area contributed by atoms with Crippen molar-refractivity contribution in [3.63, 3.8) is 0 Å². The van der Waals surface area contributed by atoms with Gasteiger partial charge < -0.3 is 19.4 Å². The Morgan fingerprint density at radius 1 is 1.00 bits per heavy atom. The van der Waals surface area contributed by atoms with Crippen LogP contribution in [0.3, 0.4) is 0 Å². The van der Waals surface area contributed by atoms with Crippen LogP contribution in [0, 0.1) is 11.3 Å². The van der Waals surface area contributed by atoms with Crippen LogP contribution in [0.5, 0.6) is 11.5 Å². The highest BCUT2D eigenvalue weighted by molar-refractivity contribution is 5.89. The van der Waals surface area contributed by atoms with Crippen LogP contribution in [0.25, 0.3) is 10.9 Å². The average molecular weight is 437 g/mol. The van der Waals surface area contributed by atoms with E-state index in [2.05, 4.69) is 17.1 Å². The molecule has 1 saturated heterocycles. The lowest BCUT2D eigenvalue weighted by Crippen LogP contribution is -2.61. The van der Waals surface area contributed by atoms with Gasteiger partial charge in [-0.25, -0.2) is 0 Å². The first kappa shape index (κ1) is 20.7. The van der Waals surface area contributed by atoms with Crippen molar-refractivity contribution in [2.45, 2.75) is 18.6 Å². The van der Waals surface area contributed by atoms with Crippen molar-refractivity contribution < 1.29 is 14.3 Å². The number of hydrogen-bond acceptors (Lipinski definition) is 4. The predicted octanol–water partition coefficient (Wildman–Crippen LogP) is 4.62. The summed E-state index contributed by atoms with van der Waals surface area (Å²) >= 11 is 0. The molecule has 1 fully saturated rings. The predicted molar refractivity (Wildman–Crippen MR) is 125 cm³/mol. The van der Waals surface area contributed by atoms with E-state index in [0.717, 1.165) is 23.3 Å². The topological polar surface area (TPSA) is 78.3 Å². The van der Waals surface area contributed by atoms with Crippen molar-refractivity contribution in [1.29, 1.82) is 5.26 Å². The molecule has 0 spiro atoms. The molecular weight excluding hydrogens is 414 g/mol. The lowest BCUT2D eigenvalue weighted by molar-refractivity contribution is -0.164. The molecule has 1 aliphatic rings. The third-order valence-corrected chi connectivity index (χ3v) is 6.15. The highest BCUT2D eigenvalue weighted by Crippen LogP contribution is 2.38. The van der Waals surface area contributed by atoms with Crippen LogP contribution in [0.1, 0.15) is 22.7 Å². The molecule has 6 heteroatoms. The number of benzene rings is 3. The quantitative estimate of drug-likeness (QED) is 0.428. The van der Waals surface area contributed by atoms with E-state index < -0.39 is 6.10 Å². The summed E-state index contributed by atoms with van der Waals surface area (Å²) in [4.78, 5) is 18.3. The molecular formula is C27H23N3O3. The molecule has 1 amide bonds.